The monoisotopic (exact) mass is 872 g/mol. The van der Waals surface area contributed by atoms with E-state index >= 15 is 0 Å². The first kappa shape index (κ1) is 40.8. The van der Waals surface area contributed by atoms with Crippen LogP contribution in [-0.2, 0) is 10.8 Å². The van der Waals surface area contributed by atoms with Crippen LogP contribution in [0.25, 0.3) is 0 Å². The fourth-order valence-corrected chi connectivity index (χ4v) is 10.1. The molecular weight excluding hydrogens is 823 g/mol. The van der Waals surface area contributed by atoms with Crippen LogP contribution < -0.4 is 0 Å². The molecule has 52 heavy (non-hydrogen) atoms. The van der Waals surface area contributed by atoms with Crippen LogP contribution in [0.1, 0.15) is 148 Å². The van der Waals surface area contributed by atoms with Gasteiger partial charge in [-0.2, -0.15) is 0 Å². The summed E-state index contributed by atoms with van der Waals surface area (Å²) in [6.45, 7) is 12.2. The first-order chi connectivity index (χ1) is 24.5. The summed E-state index contributed by atoms with van der Waals surface area (Å²) in [5, 5.41) is 42.0. The van der Waals surface area contributed by atoms with Crippen LogP contribution in [0.3, 0.4) is 0 Å². The number of hydrogen-bond donors (Lipinski definition) is 4. The third-order valence-corrected chi connectivity index (χ3v) is 13.3. The molecule has 0 heterocycles. The van der Waals surface area contributed by atoms with Crippen molar-refractivity contribution < 1.29 is 20.4 Å². The van der Waals surface area contributed by atoms with Crippen molar-refractivity contribution in [3.05, 3.63) is 112 Å². The van der Waals surface area contributed by atoms with Gasteiger partial charge in [-0.1, -0.05) is 114 Å². The lowest BCUT2D eigenvalue weighted by Crippen LogP contribution is -2.31. The van der Waals surface area contributed by atoms with Gasteiger partial charge in [0.1, 0.15) is 23.0 Å². The summed E-state index contributed by atoms with van der Waals surface area (Å²) >= 11 is 19.9. The fourth-order valence-electron chi connectivity index (χ4n) is 8.50. The van der Waals surface area contributed by atoms with Crippen molar-refractivity contribution in [2.45, 2.75) is 128 Å². The first-order valence-electron chi connectivity index (χ1n) is 18.6. The van der Waals surface area contributed by atoms with Gasteiger partial charge in [0.2, 0.25) is 0 Å². The standard InChI is InChI=1S/C24H30Cl2O2.C20H22Br2O2/c1-14(2)18-10-16(12-20(25)22(18)27)24(8-6-5-7-9-24)17-11-19(15(3)4)23(28)21(26)13-17;1-12-8-14(10-16(21)18(12)23)20(6-4-3-5-7-20)15-9-13(2)19(24)17(22)11-15/h10-15,27-28H,5-9H2,1-4H3;8-11,23-24H,3-7H2,1-2H3. The molecule has 0 bridgehead atoms. The van der Waals surface area contributed by atoms with E-state index in [4.69, 9.17) is 23.2 Å². The molecule has 0 spiro atoms. The smallest absolute Gasteiger partial charge is 0.137 e. The minimum atomic E-state index is -0.208. The summed E-state index contributed by atoms with van der Waals surface area (Å²) in [5.74, 6) is 1.33. The van der Waals surface area contributed by atoms with Gasteiger partial charge in [0.15, 0.2) is 0 Å². The SMILES string of the molecule is CC(C)c1cc(C2(c3cc(Cl)c(O)c(C(C)C)c3)CCCCC2)cc(Cl)c1O.Cc1cc(C2(c3cc(C)c(O)c(Br)c3)CCCCC2)cc(Br)c1O. The summed E-state index contributed by atoms with van der Waals surface area (Å²) in [7, 11) is 0. The molecule has 4 N–H and O–H groups in total. The Kier molecular flexibility index (Phi) is 13.0. The van der Waals surface area contributed by atoms with Crippen LogP contribution >= 0.6 is 55.1 Å². The highest BCUT2D eigenvalue weighted by molar-refractivity contribution is 9.11. The molecule has 0 aliphatic heterocycles. The van der Waals surface area contributed by atoms with E-state index in [1.807, 2.05) is 26.0 Å². The Hall–Kier alpha value is -2.38. The zero-order chi connectivity index (χ0) is 38.1. The largest absolute Gasteiger partial charge is 0.506 e. The summed E-state index contributed by atoms with van der Waals surface area (Å²) in [6.07, 6.45) is 11.3. The van der Waals surface area contributed by atoms with Crippen molar-refractivity contribution in [2.75, 3.05) is 0 Å². The number of rotatable bonds is 6. The zero-order valence-corrected chi connectivity index (χ0v) is 35.8. The van der Waals surface area contributed by atoms with E-state index in [1.54, 1.807) is 0 Å². The number of benzene rings is 4. The van der Waals surface area contributed by atoms with Gasteiger partial charge in [-0.3, -0.25) is 0 Å². The van der Waals surface area contributed by atoms with E-state index in [2.05, 4.69) is 96.0 Å². The van der Waals surface area contributed by atoms with Gasteiger partial charge in [0.05, 0.1) is 19.0 Å². The second-order valence-corrected chi connectivity index (χ2v) is 18.2. The van der Waals surface area contributed by atoms with Gasteiger partial charge in [-0.15, -0.1) is 0 Å². The molecular formula is C44H52Br2Cl2O4. The second-order valence-electron chi connectivity index (χ2n) is 15.6. The van der Waals surface area contributed by atoms with Crippen molar-refractivity contribution in [2.24, 2.45) is 0 Å². The van der Waals surface area contributed by atoms with Crippen LogP contribution in [0.15, 0.2) is 57.5 Å². The van der Waals surface area contributed by atoms with Crippen LogP contribution in [-0.4, -0.2) is 20.4 Å². The predicted molar refractivity (Wildman–Crippen MR) is 223 cm³/mol. The number of aryl methyl sites for hydroxylation is 2. The summed E-state index contributed by atoms with van der Waals surface area (Å²) in [6, 6.07) is 16.4. The molecule has 4 aromatic rings. The Labute approximate surface area is 336 Å². The molecule has 6 rings (SSSR count). The van der Waals surface area contributed by atoms with Gasteiger partial charge >= 0.3 is 0 Å². The molecule has 0 aromatic heterocycles. The summed E-state index contributed by atoms with van der Waals surface area (Å²) in [4.78, 5) is 0. The Morgan fingerprint density at radius 2 is 0.788 bits per heavy atom. The van der Waals surface area contributed by atoms with E-state index in [1.165, 1.54) is 36.8 Å². The van der Waals surface area contributed by atoms with Crippen molar-refractivity contribution >= 4 is 55.1 Å². The minimum absolute atomic E-state index is 0.0692. The lowest BCUT2D eigenvalue weighted by atomic mass is 9.64. The molecule has 8 heteroatoms. The maximum atomic E-state index is 10.5. The number of aromatic hydroxyl groups is 4. The fraction of sp³-hybridized carbons (Fsp3) is 0.455. The molecule has 2 aliphatic rings. The maximum absolute atomic E-state index is 10.5. The van der Waals surface area contributed by atoms with E-state index in [-0.39, 0.29) is 34.2 Å². The quantitative estimate of drug-likeness (QED) is 0.156. The maximum Gasteiger partial charge on any atom is 0.137 e. The highest BCUT2D eigenvalue weighted by atomic mass is 79.9. The van der Waals surface area contributed by atoms with Gasteiger partial charge in [-0.25, -0.2) is 0 Å². The third kappa shape index (κ3) is 8.02. The van der Waals surface area contributed by atoms with Crippen LogP contribution in [0.5, 0.6) is 23.0 Å². The van der Waals surface area contributed by atoms with Gasteiger partial charge < -0.3 is 20.4 Å². The highest BCUT2D eigenvalue weighted by Gasteiger charge is 2.39. The van der Waals surface area contributed by atoms with Gasteiger partial charge in [0, 0.05) is 10.8 Å². The van der Waals surface area contributed by atoms with Crippen LogP contribution in [0, 0.1) is 13.8 Å². The summed E-state index contributed by atoms with van der Waals surface area (Å²) in [5.41, 5.74) is 7.99. The van der Waals surface area contributed by atoms with E-state index in [0.717, 1.165) is 80.9 Å². The van der Waals surface area contributed by atoms with E-state index < -0.39 is 0 Å². The average molecular weight is 876 g/mol. The molecule has 280 valence electrons. The van der Waals surface area contributed by atoms with E-state index in [9.17, 15) is 20.4 Å². The Bertz CT molecular complexity index is 1750. The number of hydrogen-bond acceptors (Lipinski definition) is 4. The van der Waals surface area contributed by atoms with Crippen molar-refractivity contribution in [1.29, 1.82) is 0 Å². The van der Waals surface area contributed by atoms with Gasteiger partial charge in [0.25, 0.3) is 0 Å². The first-order valence-corrected chi connectivity index (χ1v) is 20.9. The molecule has 4 aromatic carbocycles. The lowest BCUT2D eigenvalue weighted by Gasteiger charge is -2.40. The van der Waals surface area contributed by atoms with Gasteiger partial charge in [-0.05, 0) is 152 Å². The van der Waals surface area contributed by atoms with Crippen LogP contribution in [0.4, 0.5) is 0 Å². The summed E-state index contributed by atoms with van der Waals surface area (Å²) < 4.78 is 1.49. The molecule has 2 fully saturated rings. The van der Waals surface area contributed by atoms with E-state index in [0.29, 0.717) is 21.5 Å². The molecule has 2 aliphatic carbocycles. The second kappa shape index (κ2) is 16.6. The third-order valence-electron chi connectivity index (χ3n) is 11.6. The Morgan fingerprint density at radius 1 is 0.481 bits per heavy atom. The van der Waals surface area contributed by atoms with Crippen molar-refractivity contribution in [3.8, 4) is 23.0 Å². The predicted octanol–water partition coefficient (Wildman–Crippen LogP) is 14.4. The molecule has 0 saturated heterocycles. The van der Waals surface area contributed by atoms with Crippen molar-refractivity contribution in [1.82, 2.24) is 0 Å². The minimum Gasteiger partial charge on any atom is -0.506 e. The number of phenolic OH excluding ortho intramolecular Hbond substituents is 4. The Morgan fingerprint density at radius 3 is 1.08 bits per heavy atom. The normalized spacial score (nSPS) is 16.8. The highest BCUT2D eigenvalue weighted by Crippen LogP contribution is 2.51. The lowest BCUT2D eigenvalue weighted by molar-refractivity contribution is 0.344. The molecule has 0 atom stereocenters. The zero-order valence-electron chi connectivity index (χ0n) is 31.1. The van der Waals surface area contributed by atoms with Crippen molar-refractivity contribution in [3.63, 3.8) is 0 Å². The number of halogens is 4. The molecule has 0 amide bonds. The molecule has 2 saturated carbocycles. The Balaban J connectivity index is 0.000000203. The molecule has 4 nitrogen and oxygen atoms in total. The molecule has 0 unspecified atom stereocenters. The number of phenols is 4. The van der Waals surface area contributed by atoms with Crippen LogP contribution in [0.2, 0.25) is 10.0 Å². The molecule has 0 radical (unpaired) electrons. The average Bonchev–Trinajstić information content (AvgIpc) is 3.11. The topological polar surface area (TPSA) is 80.9 Å².